The molecule has 19 heavy (non-hydrogen) atoms. The number of ether oxygens (including phenoxy) is 1. The average molecular weight is 270 g/mol. The summed E-state index contributed by atoms with van der Waals surface area (Å²) in [5, 5.41) is 0. The van der Waals surface area contributed by atoms with E-state index in [4.69, 9.17) is 10.5 Å². The van der Waals surface area contributed by atoms with Gasteiger partial charge < -0.3 is 15.4 Å². The van der Waals surface area contributed by atoms with Crippen LogP contribution in [0.1, 0.15) is 27.7 Å². The smallest absolute Gasteiger partial charge is 0.333 e. The van der Waals surface area contributed by atoms with E-state index in [0.29, 0.717) is 17.8 Å². The number of likely N-dealkylation sites (N-methyl/N-ethyl adjacent to an activating group) is 1. The van der Waals surface area contributed by atoms with Crippen molar-refractivity contribution >= 4 is 11.9 Å². The Balaban J connectivity index is 0. The molecular weight excluding hydrogens is 244 g/mol. The molecule has 0 aliphatic carbocycles. The van der Waals surface area contributed by atoms with Gasteiger partial charge in [-0.25, -0.2) is 4.79 Å². The van der Waals surface area contributed by atoms with E-state index >= 15 is 0 Å². The Bertz CT molecular complexity index is 309. The van der Waals surface area contributed by atoms with Crippen LogP contribution in [0.4, 0.5) is 0 Å². The number of carbonyl (C=O) groups is 2. The van der Waals surface area contributed by atoms with Crippen LogP contribution in [0, 0.1) is 0 Å². The highest BCUT2D eigenvalue weighted by Gasteiger charge is 2.04. The maximum Gasteiger partial charge on any atom is 0.333 e. The Kier molecular flexibility index (Phi) is 11.9. The van der Waals surface area contributed by atoms with Crippen molar-refractivity contribution in [1.82, 2.24) is 4.90 Å². The molecular formula is C14H26N2O3. The molecule has 0 rings (SSSR count). The van der Waals surface area contributed by atoms with E-state index in [2.05, 4.69) is 31.9 Å². The molecule has 0 aromatic carbocycles. The van der Waals surface area contributed by atoms with Gasteiger partial charge >= 0.3 is 5.97 Å². The van der Waals surface area contributed by atoms with Crippen molar-refractivity contribution in [3.63, 3.8) is 0 Å². The van der Waals surface area contributed by atoms with Crippen molar-refractivity contribution in [1.29, 1.82) is 0 Å². The van der Waals surface area contributed by atoms with Crippen LogP contribution in [0.5, 0.6) is 0 Å². The van der Waals surface area contributed by atoms with Crippen LogP contribution < -0.4 is 5.73 Å². The molecule has 0 aromatic rings. The number of primary amides is 1. The summed E-state index contributed by atoms with van der Waals surface area (Å²) < 4.78 is 4.96. The Hall–Kier alpha value is -1.62. The second-order valence-corrected chi connectivity index (χ2v) is 4.09. The van der Waals surface area contributed by atoms with Crippen molar-refractivity contribution in [2.75, 3.05) is 26.2 Å². The first-order valence-corrected chi connectivity index (χ1v) is 6.26. The van der Waals surface area contributed by atoms with Crippen LogP contribution in [-0.4, -0.2) is 43.0 Å². The molecule has 0 aromatic heterocycles. The van der Waals surface area contributed by atoms with Gasteiger partial charge in [-0.1, -0.05) is 27.0 Å². The van der Waals surface area contributed by atoms with Gasteiger partial charge in [-0.3, -0.25) is 4.79 Å². The SMILES string of the molecule is C=C(C)C(=O)OCCN(CC)CC.C=C(C)C(N)=O. The van der Waals surface area contributed by atoms with E-state index in [1.807, 2.05) is 0 Å². The molecule has 0 saturated heterocycles. The van der Waals surface area contributed by atoms with Crippen LogP contribution >= 0.6 is 0 Å². The van der Waals surface area contributed by atoms with Crippen LogP contribution in [-0.2, 0) is 14.3 Å². The molecule has 0 unspecified atom stereocenters. The minimum atomic E-state index is -0.435. The summed E-state index contributed by atoms with van der Waals surface area (Å²) in [5.74, 6) is -0.734. The maximum absolute atomic E-state index is 11.0. The number of nitrogens with two attached hydrogens (primary N) is 1. The van der Waals surface area contributed by atoms with E-state index in [9.17, 15) is 9.59 Å². The summed E-state index contributed by atoms with van der Waals surface area (Å²) in [7, 11) is 0. The zero-order valence-electron chi connectivity index (χ0n) is 12.5. The third kappa shape index (κ3) is 12.6. The molecule has 110 valence electrons. The molecule has 0 fully saturated rings. The quantitative estimate of drug-likeness (QED) is 0.562. The molecule has 5 nitrogen and oxygen atoms in total. The van der Waals surface area contributed by atoms with Gasteiger partial charge in [-0.15, -0.1) is 0 Å². The Morgan fingerprint density at radius 3 is 1.79 bits per heavy atom. The van der Waals surface area contributed by atoms with Crippen molar-refractivity contribution in [3.8, 4) is 0 Å². The van der Waals surface area contributed by atoms with Gasteiger partial charge in [0.1, 0.15) is 6.61 Å². The Labute approximate surface area is 116 Å². The Morgan fingerprint density at radius 2 is 1.53 bits per heavy atom. The van der Waals surface area contributed by atoms with Crippen molar-refractivity contribution in [3.05, 3.63) is 24.3 Å². The molecule has 0 saturated carbocycles. The number of carbonyl (C=O) groups excluding carboxylic acids is 2. The Morgan fingerprint density at radius 1 is 1.11 bits per heavy atom. The fourth-order valence-electron chi connectivity index (χ4n) is 0.930. The highest BCUT2D eigenvalue weighted by atomic mass is 16.5. The van der Waals surface area contributed by atoms with Gasteiger partial charge in [0.15, 0.2) is 0 Å². The fraction of sp³-hybridized carbons (Fsp3) is 0.571. The largest absolute Gasteiger partial charge is 0.461 e. The predicted molar refractivity (Wildman–Crippen MR) is 77.6 cm³/mol. The normalized spacial score (nSPS) is 9.32. The van der Waals surface area contributed by atoms with E-state index in [0.717, 1.165) is 19.6 Å². The molecule has 0 atom stereocenters. The average Bonchev–Trinajstić information content (AvgIpc) is 2.34. The molecule has 0 spiro atoms. The lowest BCUT2D eigenvalue weighted by Crippen LogP contribution is -2.27. The van der Waals surface area contributed by atoms with Crippen molar-refractivity contribution in [2.24, 2.45) is 5.73 Å². The van der Waals surface area contributed by atoms with Gasteiger partial charge in [0.25, 0.3) is 0 Å². The minimum Gasteiger partial charge on any atom is -0.461 e. The fourth-order valence-corrected chi connectivity index (χ4v) is 0.930. The number of nitrogens with zero attached hydrogens (tertiary/aromatic N) is 1. The second kappa shape index (κ2) is 11.5. The lowest BCUT2D eigenvalue weighted by molar-refractivity contribution is -0.139. The molecule has 0 bridgehead atoms. The van der Waals surface area contributed by atoms with E-state index < -0.39 is 5.91 Å². The zero-order chi connectivity index (χ0) is 15.4. The third-order valence-corrected chi connectivity index (χ3v) is 2.30. The monoisotopic (exact) mass is 270 g/mol. The van der Waals surface area contributed by atoms with Crippen LogP contribution in [0.25, 0.3) is 0 Å². The molecule has 1 amide bonds. The molecule has 0 aliphatic heterocycles. The number of esters is 1. The summed E-state index contributed by atoms with van der Waals surface area (Å²) in [6, 6.07) is 0. The summed E-state index contributed by atoms with van der Waals surface area (Å²) in [6.07, 6.45) is 0. The summed E-state index contributed by atoms with van der Waals surface area (Å²) in [5.41, 5.74) is 5.55. The van der Waals surface area contributed by atoms with Crippen molar-refractivity contribution < 1.29 is 14.3 Å². The van der Waals surface area contributed by atoms with E-state index in [-0.39, 0.29) is 5.97 Å². The second-order valence-electron chi connectivity index (χ2n) is 4.09. The van der Waals surface area contributed by atoms with Crippen LogP contribution in [0.15, 0.2) is 24.3 Å². The van der Waals surface area contributed by atoms with Gasteiger partial charge in [0.2, 0.25) is 5.91 Å². The summed E-state index contributed by atoms with van der Waals surface area (Å²) in [4.78, 5) is 23.0. The maximum atomic E-state index is 11.0. The van der Waals surface area contributed by atoms with Gasteiger partial charge in [-0.05, 0) is 26.9 Å². The van der Waals surface area contributed by atoms with Gasteiger partial charge in [0, 0.05) is 17.7 Å². The first kappa shape index (κ1) is 19.7. The van der Waals surface area contributed by atoms with E-state index in [1.54, 1.807) is 13.8 Å². The highest BCUT2D eigenvalue weighted by molar-refractivity contribution is 5.90. The molecule has 0 aliphatic rings. The lowest BCUT2D eigenvalue weighted by Gasteiger charge is -2.17. The zero-order valence-corrected chi connectivity index (χ0v) is 12.5. The topological polar surface area (TPSA) is 72.6 Å². The third-order valence-electron chi connectivity index (χ3n) is 2.30. The van der Waals surface area contributed by atoms with Gasteiger partial charge in [-0.2, -0.15) is 0 Å². The molecule has 2 N–H and O–H groups in total. The number of hydrogen-bond donors (Lipinski definition) is 1. The summed E-state index contributed by atoms with van der Waals surface area (Å²) >= 11 is 0. The van der Waals surface area contributed by atoms with Gasteiger partial charge in [0.05, 0.1) is 0 Å². The molecule has 0 heterocycles. The van der Waals surface area contributed by atoms with Crippen LogP contribution in [0.2, 0.25) is 0 Å². The minimum absolute atomic E-state index is 0.299. The standard InChI is InChI=1S/C10H19NO2.C4H7NO/c1-5-11(6-2)7-8-13-10(12)9(3)4;1-3(2)4(5)6/h3,5-8H2,1-2,4H3;1H2,2H3,(H2,5,6). The number of rotatable bonds is 7. The number of hydrogen-bond acceptors (Lipinski definition) is 4. The first-order valence-electron chi connectivity index (χ1n) is 6.26. The lowest BCUT2D eigenvalue weighted by atomic mass is 10.3. The summed E-state index contributed by atoms with van der Waals surface area (Å²) in [6.45, 7) is 17.4. The highest BCUT2D eigenvalue weighted by Crippen LogP contribution is 1.93. The molecule has 5 heteroatoms. The predicted octanol–water partition coefficient (Wildman–Crippen LogP) is 1.50. The first-order chi connectivity index (χ1) is 8.76. The molecule has 0 radical (unpaired) electrons. The van der Waals surface area contributed by atoms with Crippen LogP contribution in [0.3, 0.4) is 0 Å². The van der Waals surface area contributed by atoms with E-state index in [1.165, 1.54) is 0 Å². The van der Waals surface area contributed by atoms with Crippen molar-refractivity contribution in [2.45, 2.75) is 27.7 Å². The number of amides is 1.